The van der Waals surface area contributed by atoms with Gasteiger partial charge in [-0.25, -0.2) is 4.39 Å². The van der Waals surface area contributed by atoms with Crippen LogP contribution >= 0.6 is 11.6 Å². The molecule has 0 heterocycles. The number of carbonyl (C=O) groups is 1. The minimum atomic E-state index is -0.426. The Hall–Kier alpha value is -1.09. The Kier molecular flexibility index (Phi) is 4.09. The molecule has 0 aliphatic carbocycles. The fourth-order valence-corrected chi connectivity index (χ4v) is 1.19. The van der Waals surface area contributed by atoms with Crippen molar-refractivity contribution in [3.63, 3.8) is 0 Å². The number of hydrogen-bond acceptors (Lipinski definition) is 1. The van der Waals surface area contributed by atoms with Crippen molar-refractivity contribution in [2.75, 3.05) is 11.2 Å². The minimum Gasteiger partial charge on any atom is -0.323 e. The smallest absolute Gasteiger partial charge is 0.228 e. The lowest BCUT2D eigenvalue weighted by molar-refractivity contribution is -0.118. The molecule has 82 valence electrons. The number of aryl methyl sites for hydroxylation is 1. The van der Waals surface area contributed by atoms with Crippen molar-refractivity contribution in [1.29, 1.82) is 0 Å². The molecule has 2 nitrogen and oxygen atoms in total. The number of amides is 1. The molecule has 1 rings (SSSR count). The van der Waals surface area contributed by atoms with E-state index in [4.69, 9.17) is 11.6 Å². The molecule has 1 aromatic carbocycles. The van der Waals surface area contributed by atoms with Crippen LogP contribution in [0.3, 0.4) is 0 Å². The largest absolute Gasteiger partial charge is 0.323 e. The Labute approximate surface area is 93.4 Å². The van der Waals surface area contributed by atoms with E-state index >= 15 is 0 Å². The van der Waals surface area contributed by atoms with E-state index in [9.17, 15) is 9.18 Å². The first-order valence-electron chi connectivity index (χ1n) is 4.67. The number of halogens is 2. The van der Waals surface area contributed by atoms with Crippen molar-refractivity contribution in [2.24, 2.45) is 5.92 Å². The maximum Gasteiger partial charge on any atom is 0.228 e. The molecule has 1 aromatic rings. The van der Waals surface area contributed by atoms with Gasteiger partial charge >= 0.3 is 0 Å². The molecule has 0 fully saturated rings. The highest BCUT2D eigenvalue weighted by molar-refractivity contribution is 6.19. The molecule has 0 spiro atoms. The number of hydrogen-bond donors (Lipinski definition) is 1. The first-order chi connectivity index (χ1) is 7.04. The van der Waals surface area contributed by atoms with Gasteiger partial charge in [0.05, 0.1) is 5.69 Å². The molecule has 15 heavy (non-hydrogen) atoms. The molecule has 1 amide bonds. The highest BCUT2D eigenvalue weighted by atomic mass is 35.5. The Morgan fingerprint density at radius 1 is 1.60 bits per heavy atom. The summed E-state index contributed by atoms with van der Waals surface area (Å²) in [4.78, 5) is 11.4. The summed E-state index contributed by atoms with van der Waals surface area (Å²) in [6.07, 6.45) is 0. The van der Waals surface area contributed by atoms with Crippen LogP contribution in [0.2, 0.25) is 0 Å². The molecule has 0 saturated carbocycles. The Morgan fingerprint density at radius 3 is 2.80 bits per heavy atom. The standard InChI is InChI=1S/C11H13ClFNO/c1-7-3-4-10(9(13)5-7)14-11(15)8(2)6-12/h3-5,8H,6H2,1-2H3,(H,14,15). The van der Waals surface area contributed by atoms with Crippen LogP contribution in [0, 0.1) is 18.7 Å². The summed E-state index contributed by atoms with van der Waals surface area (Å²) in [5.41, 5.74) is 1.01. The van der Waals surface area contributed by atoms with E-state index < -0.39 is 5.82 Å². The van der Waals surface area contributed by atoms with Crippen molar-refractivity contribution in [3.8, 4) is 0 Å². The molecule has 1 unspecified atom stereocenters. The van der Waals surface area contributed by atoms with E-state index in [1.165, 1.54) is 6.07 Å². The normalized spacial score (nSPS) is 12.3. The maximum absolute atomic E-state index is 13.3. The van der Waals surface area contributed by atoms with Crippen LogP contribution in [0.15, 0.2) is 18.2 Å². The zero-order valence-electron chi connectivity index (χ0n) is 8.68. The van der Waals surface area contributed by atoms with E-state index in [2.05, 4.69) is 5.32 Å². The van der Waals surface area contributed by atoms with E-state index in [1.807, 2.05) is 0 Å². The summed E-state index contributed by atoms with van der Waals surface area (Å²) < 4.78 is 13.3. The number of carbonyl (C=O) groups excluding carboxylic acids is 1. The van der Waals surface area contributed by atoms with Gasteiger partial charge in [-0.05, 0) is 24.6 Å². The highest BCUT2D eigenvalue weighted by Gasteiger charge is 2.13. The lowest BCUT2D eigenvalue weighted by atomic mass is 10.2. The van der Waals surface area contributed by atoms with Gasteiger partial charge in [0.2, 0.25) is 5.91 Å². The van der Waals surface area contributed by atoms with Crippen LogP contribution in [0.1, 0.15) is 12.5 Å². The van der Waals surface area contributed by atoms with E-state index in [0.717, 1.165) is 5.56 Å². The van der Waals surface area contributed by atoms with Crippen molar-refractivity contribution < 1.29 is 9.18 Å². The number of nitrogens with one attached hydrogen (secondary N) is 1. The lowest BCUT2D eigenvalue weighted by Gasteiger charge is -2.10. The van der Waals surface area contributed by atoms with Gasteiger partial charge in [0.1, 0.15) is 5.82 Å². The van der Waals surface area contributed by atoms with Gasteiger partial charge in [-0.1, -0.05) is 13.0 Å². The molecule has 0 bridgehead atoms. The van der Waals surface area contributed by atoms with Crippen LogP contribution in [0.4, 0.5) is 10.1 Å². The molecule has 0 saturated heterocycles. The third kappa shape index (κ3) is 3.20. The first kappa shape index (κ1) is 12.0. The lowest BCUT2D eigenvalue weighted by Crippen LogP contribution is -2.22. The molecule has 0 aromatic heterocycles. The number of rotatable bonds is 3. The second-order valence-corrected chi connectivity index (χ2v) is 3.84. The van der Waals surface area contributed by atoms with E-state index in [1.54, 1.807) is 26.0 Å². The summed E-state index contributed by atoms with van der Waals surface area (Å²) in [5, 5.41) is 2.49. The van der Waals surface area contributed by atoms with Crippen molar-refractivity contribution in [3.05, 3.63) is 29.6 Å². The molecule has 0 radical (unpaired) electrons. The van der Waals surface area contributed by atoms with Crippen LogP contribution < -0.4 is 5.32 Å². The average molecular weight is 230 g/mol. The minimum absolute atomic E-state index is 0.197. The quantitative estimate of drug-likeness (QED) is 0.794. The van der Waals surface area contributed by atoms with Crippen LogP contribution in [0.5, 0.6) is 0 Å². The first-order valence-corrected chi connectivity index (χ1v) is 5.21. The summed E-state index contributed by atoms with van der Waals surface area (Å²) in [6.45, 7) is 3.48. The molecule has 4 heteroatoms. The molecular formula is C11H13ClFNO. The Bertz CT molecular complexity index is 368. The fraction of sp³-hybridized carbons (Fsp3) is 0.364. The predicted octanol–water partition coefficient (Wildman–Crippen LogP) is 2.95. The number of alkyl halides is 1. The summed E-state index contributed by atoms with van der Waals surface area (Å²) in [5.74, 6) is -0.801. The Morgan fingerprint density at radius 2 is 2.27 bits per heavy atom. The van der Waals surface area contributed by atoms with E-state index in [0.29, 0.717) is 0 Å². The van der Waals surface area contributed by atoms with Gasteiger partial charge in [-0.15, -0.1) is 11.6 Å². The summed E-state index contributed by atoms with van der Waals surface area (Å²) in [6, 6.07) is 4.66. The fourth-order valence-electron chi connectivity index (χ4n) is 1.05. The summed E-state index contributed by atoms with van der Waals surface area (Å²) in [7, 11) is 0. The second-order valence-electron chi connectivity index (χ2n) is 3.53. The van der Waals surface area contributed by atoms with Gasteiger partial charge in [0, 0.05) is 11.8 Å². The average Bonchev–Trinajstić information content (AvgIpc) is 2.20. The predicted molar refractivity (Wildman–Crippen MR) is 59.7 cm³/mol. The van der Waals surface area contributed by atoms with Crippen molar-refractivity contribution in [1.82, 2.24) is 0 Å². The van der Waals surface area contributed by atoms with Crippen LogP contribution in [-0.4, -0.2) is 11.8 Å². The SMILES string of the molecule is Cc1ccc(NC(=O)C(C)CCl)c(F)c1. The monoisotopic (exact) mass is 229 g/mol. The van der Waals surface area contributed by atoms with Gasteiger partial charge < -0.3 is 5.32 Å². The third-order valence-electron chi connectivity index (χ3n) is 2.06. The molecule has 0 aliphatic heterocycles. The van der Waals surface area contributed by atoms with Crippen molar-refractivity contribution >= 4 is 23.2 Å². The van der Waals surface area contributed by atoms with Crippen molar-refractivity contribution in [2.45, 2.75) is 13.8 Å². The number of anilines is 1. The van der Waals surface area contributed by atoms with Gasteiger partial charge in [0.15, 0.2) is 0 Å². The highest BCUT2D eigenvalue weighted by Crippen LogP contribution is 2.16. The molecule has 0 aliphatic rings. The Balaban J connectivity index is 2.77. The zero-order chi connectivity index (χ0) is 11.4. The van der Waals surface area contributed by atoms with Crippen LogP contribution in [-0.2, 0) is 4.79 Å². The van der Waals surface area contributed by atoms with Gasteiger partial charge in [-0.2, -0.15) is 0 Å². The van der Waals surface area contributed by atoms with E-state index in [-0.39, 0.29) is 23.4 Å². The molecular weight excluding hydrogens is 217 g/mol. The van der Waals surface area contributed by atoms with Gasteiger partial charge in [-0.3, -0.25) is 4.79 Å². The summed E-state index contributed by atoms with van der Waals surface area (Å²) >= 11 is 5.52. The number of benzene rings is 1. The zero-order valence-corrected chi connectivity index (χ0v) is 9.44. The van der Waals surface area contributed by atoms with Gasteiger partial charge in [0.25, 0.3) is 0 Å². The van der Waals surface area contributed by atoms with Crippen LogP contribution in [0.25, 0.3) is 0 Å². The third-order valence-corrected chi connectivity index (χ3v) is 2.52. The molecule has 1 atom stereocenters. The second kappa shape index (κ2) is 5.12. The maximum atomic E-state index is 13.3. The topological polar surface area (TPSA) is 29.1 Å². The molecule has 1 N–H and O–H groups in total.